The van der Waals surface area contributed by atoms with E-state index in [1.165, 1.54) is 0 Å². The lowest BCUT2D eigenvalue weighted by Gasteiger charge is -2.40. The van der Waals surface area contributed by atoms with Crippen LogP contribution in [0.5, 0.6) is 46.0 Å². The van der Waals surface area contributed by atoms with Crippen molar-refractivity contribution in [2.24, 2.45) is 23.7 Å². The van der Waals surface area contributed by atoms with Gasteiger partial charge >= 0.3 is 0 Å². The number of carbonyl (C=O) groups excluding carboxylic acids is 8. The molecule has 4 heterocycles. The maximum atomic E-state index is 17.0. The van der Waals surface area contributed by atoms with Crippen molar-refractivity contribution in [2.45, 2.75) is 234 Å². The van der Waals surface area contributed by atoms with Gasteiger partial charge < -0.3 is 48.9 Å². The lowest BCUT2D eigenvalue weighted by Crippen LogP contribution is -2.57. The number of nitrogens with zero attached hydrogens (tertiary/aromatic N) is 4. The lowest BCUT2D eigenvalue weighted by molar-refractivity contribution is -0.139. The topological polar surface area (TPSA) is 236 Å². The molecule has 2 saturated heterocycles. The largest absolute Gasteiger partial charge is 0.457 e. The SMILES string of the molecule is CC(C)C(C(=O)N(CCC(=O)NCC1CO1)CC1CCCCC1)N1C(=O)c2cc(Oc3ccc(C(C)(C)C)cc3)c3c4c(Oc5ccc(C(C)(C)C)cc5)cc5c6c(cc(Oc7ccc(C(C)(C)C)cc7)c(c7c(Oc8ccc(C(C)(C)C)cc8)cc(c2c37)C1=O)c64)C(=O)N(C(C(=O)N(CCC(=O)NCC1CO1)CC1CCCCC1)C(C)C)C5=O. The summed E-state index contributed by atoms with van der Waals surface area (Å²) in [6, 6.07) is 34.7. The van der Waals surface area contributed by atoms with Crippen LogP contribution >= 0.6 is 0 Å². The summed E-state index contributed by atoms with van der Waals surface area (Å²) in [6.07, 6.45) is 9.45. The molecule has 2 N–H and O–H groups in total. The normalized spacial score (nSPS) is 17.8. The molecule has 632 valence electrons. The molecule has 4 unspecified atom stereocenters. The van der Waals surface area contributed by atoms with Crippen molar-refractivity contribution in [3.05, 3.63) is 166 Å². The fraction of sp³-hybridized carbons (Fsp3) is 0.480. The molecule has 2 saturated carbocycles. The summed E-state index contributed by atoms with van der Waals surface area (Å²) >= 11 is 0. The number of carbonyl (C=O) groups is 8. The third-order valence-electron chi connectivity index (χ3n) is 25.2. The molecule has 8 amide bonds. The number of ether oxygens (including phenoxy) is 6. The lowest BCUT2D eigenvalue weighted by atomic mass is 9.80. The molecule has 9 aromatic carbocycles. The molecule has 4 atom stereocenters. The Morgan fingerprint density at radius 3 is 0.858 bits per heavy atom. The number of fused-ring (bicyclic) bond motifs is 2. The fourth-order valence-corrected chi connectivity index (χ4v) is 18.2. The van der Waals surface area contributed by atoms with Crippen molar-refractivity contribution in [3.63, 3.8) is 0 Å². The molecular weight excluding hydrogens is 1510 g/mol. The molecule has 120 heavy (non-hydrogen) atoms. The van der Waals surface area contributed by atoms with Gasteiger partial charge in [0.1, 0.15) is 58.1 Å². The van der Waals surface area contributed by atoms with Gasteiger partial charge in [-0.25, -0.2) is 0 Å². The minimum Gasteiger partial charge on any atom is -0.457 e. The van der Waals surface area contributed by atoms with E-state index in [-0.39, 0.29) is 139 Å². The number of epoxide rings is 2. The van der Waals surface area contributed by atoms with Gasteiger partial charge in [-0.05, 0) is 166 Å². The van der Waals surface area contributed by atoms with E-state index in [4.69, 9.17) is 28.4 Å². The first-order valence-electron chi connectivity index (χ1n) is 43.6. The summed E-state index contributed by atoms with van der Waals surface area (Å²) in [7, 11) is 0. The summed E-state index contributed by atoms with van der Waals surface area (Å²) in [5.41, 5.74) is 3.04. The Kier molecular flexibility index (Phi) is 23.6. The van der Waals surface area contributed by atoms with Crippen molar-refractivity contribution < 1.29 is 66.8 Å². The Balaban J connectivity index is 1.03. The predicted molar refractivity (Wildman–Crippen MR) is 468 cm³/mol. The van der Waals surface area contributed by atoms with Gasteiger partial charge in [-0.2, -0.15) is 0 Å². The first-order valence-corrected chi connectivity index (χ1v) is 43.6. The molecule has 6 aliphatic rings. The quantitative estimate of drug-likeness (QED) is 0.0201. The maximum Gasteiger partial charge on any atom is 0.262 e. The average Bonchev–Trinajstić information content (AvgIpc) is 0.762. The van der Waals surface area contributed by atoms with Crippen LogP contribution in [0, 0.1) is 23.7 Å². The maximum absolute atomic E-state index is 17.0. The molecule has 0 spiro atoms. The Morgan fingerprint density at radius 1 is 0.383 bits per heavy atom. The number of hydrogen-bond acceptors (Lipinski definition) is 14. The van der Waals surface area contributed by atoms with Crippen molar-refractivity contribution >= 4 is 90.3 Å². The minimum atomic E-state index is -1.39. The van der Waals surface area contributed by atoms with Gasteiger partial charge in [0, 0.05) is 95.2 Å². The van der Waals surface area contributed by atoms with Gasteiger partial charge in [-0.15, -0.1) is 0 Å². The monoisotopic (exact) mass is 1630 g/mol. The van der Waals surface area contributed by atoms with Gasteiger partial charge in [-0.1, -0.05) is 198 Å². The summed E-state index contributed by atoms with van der Waals surface area (Å²) in [4.78, 5) is 133. The van der Waals surface area contributed by atoms with Crippen LogP contribution < -0.4 is 29.6 Å². The van der Waals surface area contributed by atoms with Crippen molar-refractivity contribution in [2.75, 3.05) is 52.5 Å². The van der Waals surface area contributed by atoms with E-state index < -0.39 is 59.4 Å². The van der Waals surface area contributed by atoms with Gasteiger partial charge in [0.15, 0.2) is 0 Å². The highest BCUT2D eigenvalue weighted by Crippen LogP contribution is 2.59. The first kappa shape index (κ1) is 84.6. The van der Waals surface area contributed by atoms with E-state index in [1.54, 1.807) is 34.1 Å². The molecule has 4 aliphatic heterocycles. The molecule has 0 bridgehead atoms. The molecular formula is C100H118N6O14. The van der Waals surface area contributed by atoms with Crippen LogP contribution in [0.4, 0.5) is 0 Å². The van der Waals surface area contributed by atoms with Crippen molar-refractivity contribution in [1.29, 1.82) is 0 Å². The van der Waals surface area contributed by atoms with Gasteiger partial charge in [0.2, 0.25) is 23.6 Å². The standard InChI is InChI=1S/C100H118N6O14/c1-57(2)89(95(113)103(53-59-23-19-17-20-24-59)45-43-79(107)101-51-69-55-115-69)105-91(109)71-47-75(117-65-35-27-61(28-36-65)97(5,6)7)83-85-77(119-67-39-31-63(32-40-67)99(11,12)13)49-73-82-74(94(112)106(93(73)111)90(58(3)4)96(114)104(54-60-25-21-18-22-26-60)46-44-80(108)102-52-70-56-116-70)50-78(120-68-41-33-64(34-42-68)100(14,15)16)86(88(82)85)84-76(48-72(92(105)110)81(71)87(83)84)118-66-37-29-62(30-38-66)98(8,9)10/h27-42,47-50,57-60,69-70,89-90H,17-26,43-46,51-56H2,1-16H3,(H,101,107)(H,102,108). The van der Waals surface area contributed by atoms with E-state index >= 15 is 28.8 Å². The van der Waals surface area contributed by atoms with E-state index in [0.717, 1.165) is 96.3 Å². The molecule has 2 aliphatic carbocycles. The van der Waals surface area contributed by atoms with Gasteiger partial charge in [0.05, 0.1) is 47.7 Å². The third-order valence-corrected chi connectivity index (χ3v) is 25.2. The second-order valence-corrected chi connectivity index (χ2v) is 39.1. The second kappa shape index (κ2) is 33.5. The number of amides is 8. The van der Waals surface area contributed by atoms with Crippen molar-refractivity contribution in [3.8, 4) is 46.0 Å². The number of nitrogens with one attached hydrogen (secondary N) is 2. The Morgan fingerprint density at radius 2 is 0.633 bits per heavy atom. The highest BCUT2D eigenvalue weighted by Gasteiger charge is 2.49. The van der Waals surface area contributed by atoms with Crippen LogP contribution in [-0.4, -0.2) is 144 Å². The summed E-state index contributed by atoms with van der Waals surface area (Å²) in [5, 5.41) is 8.15. The number of rotatable bonds is 28. The molecule has 20 heteroatoms. The fourth-order valence-electron chi connectivity index (χ4n) is 18.2. The molecule has 9 aromatic rings. The smallest absolute Gasteiger partial charge is 0.262 e. The summed E-state index contributed by atoms with van der Waals surface area (Å²) in [5.74, 6) is -3.74. The average molecular weight is 1630 g/mol. The predicted octanol–water partition coefficient (Wildman–Crippen LogP) is 20.0. The summed E-state index contributed by atoms with van der Waals surface area (Å²) in [6.45, 7) is 35.3. The zero-order chi connectivity index (χ0) is 85.3. The number of benzene rings is 9. The van der Waals surface area contributed by atoms with Crippen LogP contribution in [0.1, 0.15) is 252 Å². The van der Waals surface area contributed by atoms with E-state index in [2.05, 4.69) is 93.7 Å². The minimum absolute atomic E-state index is 0.0168. The first-order chi connectivity index (χ1) is 57.0. The number of hydrogen-bond donors (Lipinski definition) is 2. The number of imide groups is 2. The van der Waals surface area contributed by atoms with Crippen LogP contribution in [0.2, 0.25) is 0 Å². The molecule has 20 nitrogen and oxygen atoms in total. The van der Waals surface area contributed by atoms with E-state index in [0.29, 0.717) is 94.7 Å². The van der Waals surface area contributed by atoms with Crippen LogP contribution in [0.3, 0.4) is 0 Å². The van der Waals surface area contributed by atoms with Crippen LogP contribution in [0.15, 0.2) is 121 Å². The zero-order valence-electron chi connectivity index (χ0n) is 72.8. The van der Waals surface area contributed by atoms with Crippen LogP contribution in [0.25, 0.3) is 43.1 Å². The third kappa shape index (κ3) is 17.6. The zero-order valence-corrected chi connectivity index (χ0v) is 72.8. The Hall–Kier alpha value is -10.4. The summed E-state index contributed by atoms with van der Waals surface area (Å²) < 4.78 is 40.8. The molecule has 0 aromatic heterocycles. The van der Waals surface area contributed by atoms with E-state index in [1.807, 2.05) is 125 Å². The molecule has 4 fully saturated rings. The highest BCUT2D eigenvalue weighted by atomic mass is 16.6. The highest BCUT2D eigenvalue weighted by molar-refractivity contribution is 6.45. The van der Waals surface area contributed by atoms with Gasteiger partial charge in [0.25, 0.3) is 23.6 Å². The van der Waals surface area contributed by atoms with E-state index in [9.17, 15) is 9.59 Å². The Labute approximate surface area is 705 Å². The Bertz CT molecular complexity index is 4850. The van der Waals surface area contributed by atoms with Crippen LogP contribution in [-0.2, 0) is 50.3 Å². The van der Waals surface area contributed by atoms with Gasteiger partial charge in [-0.3, -0.25) is 48.2 Å². The second-order valence-electron chi connectivity index (χ2n) is 39.1. The van der Waals surface area contributed by atoms with Crippen molar-refractivity contribution in [1.82, 2.24) is 30.2 Å². The molecule has 0 radical (unpaired) electrons. The molecule has 15 rings (SSSR count).